The molecule has 1 aliphatic rings. The number of amides is 1. The first-order valence-corrected chi connectivity index (χ1v) is 13.5. The first-order chi connectivity index (χ1) is 17.3. The summed E-state index contributed by atoms with van der Waals surface area (Å²) in [6.07, 6.45) is 1.30. The highest BCUT2D eigenvalue weighted by atomic mass is 32.2. The minimum atomic E-state index is -3.92. The maximum atomic E-state index is 13.6. The van der Waals surface area contributed by atoms with E-state index in [9.17, 15) is 17.6 Å². The zero-order chi connectivity index (χ0) is 25.3. The molecule has 0 radical (unpaired) electrons. The van der Waals surface area contributed by atoms with Gasteiger partial charge in [0.1, 0.15) is 10.7 Å². The Kier molecular flexibility index (Phi) is 6.46. The Morgan fingerprint density at radius 3 is 2.64 bits per heavy atom. The molecule has 0 spiro atoms. The number of para-hydroxylation sites is 1. The highest BCUT2D eigenvalue weighted by Gasteiger charge is 2.36. The largest absolute Gasteiger partial charge is 0.325 e. The summed E-state index contributed by atoms with van der Waals surface area (Å²) >= 11 is 1.07. The summed E-state index contributed by atoms with van der Waals surface area (Å²) in [5.74, 6) is -0.831. The van der Waals surface area contributed by atoms with E-state index in [1.807, 2.05) is 43.3 Å². The average molecular weight is 521 g/mol. The molecule has 5 rings (SSSR count). The lowest BCUT2D eigenvalue weighted by Gasteiger charge is -2.31. The molecule has 0 bridgehead atoms. The zero-order valence-corrected chi connectivity index (χ0v) is 20.8. The molecule has 1 aromatic heterocycles. The first-order valence-electron chi connectivity index (χ1n) is 11.0. The number of carbonyl (C=O) groups excluding carboxylic acids is 1. The number of thioether (sulfide) groups is 1. The molecular formula is C26H21FN4O3S2. The van der Waals surface area contributed by atoms with E-state index < -0.39 is 15.8 Å². The number of anilines is 2. The van der Waals surface area contributed by atoms with Gasteiger partial charge in [-0.1, -0.05) is 60.3 Å². The Labute approximate surface area is 212 Å². The number of rotatable bonds is 6. The average Bonchev–Trinajstić information content (AvgIpc) is 2.86. The van der Waals surface area contributed by atoms with Gasteiger partial charge in [0.2, 0.25) is 5.91 Å². The minimum Gasteiger partial charge on any atom is -0.325 e. The zero-order valence-electron chi connectivity index (χ0n) is 19.2. The number of aromatic nitrogens is 2. The van der Waals surface area contributed by atoms with Crippen LogP contribution in [0.25, 0.3) is 11.3 Å². The van der Waals surface area contributed by atoms with Crippen molar-refractivity contribution in [1.82, 2.24) is 9.97 Å². The molecule has 0 saturated heterocycles. The molecule has 1 N–H and O–H groups in total. The molecule has 0 aliphatic carbocycles. The van der Waals surface area contributed by atoms with E-state index in [1.54, 1.807) is 18.2 Å². The van der Waals surface area contributed by atoms with Crippen molar-refractivity contribution in [3.05, 3.63) is 95.9 Å². The van der Waals surface area contributed by atoms with Gasteiger partial charge in [0, 0.05) is 11.3 Å². The standard InChI is InChI=1S/C26H21FN4O3S2/c1-17-7-2-3-8-18(17)15-31-22-12-5-4-11-21(22)25-23(36(31,33)34)14-28-26(30-25)35-16-24(32)29-20-10-6-9-19(27)13-20/h2-14H,15-16H2,1H3,(H,29,32). The van der Waals surface area contributed by atoms with Gasteiger partial charge >= 0.3 is 0 Å². The van der Waals surface area contributed by atoms with Crippen molar-refractivity contribution in [3.63, 3.8) is 0 Å². The summed E-state index contributed by atoms with van der Waals surface area (Å²) in [6.45, 7) is 2.13. The molecule has 2 heterocycles. The van der Waals surface area contributed by atoms with Crippen LogP contribution in [0.1, 0.15) is 11.1 Å². The lowest BCUT2D eigenvalue weighted by atomic mass is 10.1. The number of aryl methyl sites for hydroxylation is 1. The number of nitrogens with zero attached hydrogens (tertiary/aromatic N) is 3. The summed E-state index contributed by atoms with van der Waals surface area (Å²) in [5.41, 5.74) is 3.75. The third-order valence-corrected chi connectivity index (χ3v) is 8.37. The highest BCUT2D eigenvalue weighted by Crippen LogP contribution is 2.43. The number of benzene rings is 3. The number of fused-ring (bicyclic) bond motifs is 3. The van der Waals surface area contributed by atoms with E-state index in [-0.39, 0.29) is 28.3 Å². The van der Waals surface area contributed by atoms with Crippen molar-refractivity contribution < 1.29 is 17.6 Å². The van der Waals surface area contributed by atoms with Gasteiger partial charge in [-0.15, -0.1) is 0 Å². The number of halogens is 1. The molecule has 0 atom stereocenters. The fourth-order valence-corrected chi connectivity index (χ4v) is 6.12. The van der Waals surface area contributed by atoms with E-state index in [0.29, 0.717) is 22.6 Å². The fourth-order valence-electron chi connectivity index (χ4n) is 3.95. The van der Waals surface area contributed by atoms with Crippen LogP contribution in [0.5, 0.6) is 0 Å². The molecule has 10 heteroatoms. The second kappa shape index (κ2) is 9.71. The van der Waals surface area contributed by atoms with E-state index in [4.69, 9.17) is 0 Å². The maximum Gasteiger partial charge on any atom is 0.268 e. The van der Waals surface area contributed by atoms with Crippen LogP contribution in [-0.4, -0.2) is 30.0 Å². The van der Waals surface area contributed by atoms with Crippen LogP contribution in [-0.2, 0) is 21.4 Å². The van der Waals surface area contributed by atoms with Gasteiger partial charge in [-0.05, 0) is 42.3 Å². The SMILES string of the molecule is Cc1ccccc1CN1c2ccccc2-c2nc(SCC(=O)Nc3cccc(F)c3)ncc2S1(=O)=O. The summed E-state index contributed by atoms with van der Waals surface area (Å²) in [6, 6.07) is 20.5. The second-order valence-corrected chi connectivity index (χ2v) is 10.9. The number of sulfonamides is 1. The third kappa shape index (κ3) is 4.69. The topological polar surface area (TPSA) is 92.3 Å². The lowest BCUT2D eigenvalue weighted by molar-refractivity contribution is -0.113. The number of hydrogen-bond acceptors (Lipinski definition) is 6. The fraction of sp³-hybridized carbons (Fsp3) is 0.115. The monoisotopic (exact) mass is 520 g/mol. The molecular weight excluding hydrogens is 499 g/mol. The van der Waals surface area contributed by atoms with Crippen LogP contribution >= 0.6 is 11.8 Å². The van der Waals surface area contributed by atoms with Crippen LogP contribution in [0.4, 0.5) is 15.8 Å². The van der Waals surface area contributed by atoms with Crippen molar-refractivity contribution >= 4 is 39.1 Å². The van der Waals surface area contributed by atoms with Crippen LogP contribution in [0.2, 0.25) is 0 Å². The van der Waals surface area contributed by atoms with E-state index in [2.05, 4.69) is 15.3 Å². The number of hydrogen-bond donors (Lipinski definition) is 1. The van der Waals surface area contributed by atoms with Crippen molar-refractivity contribution in [2.45, 2.75) is 23.5 Å². The number of nitrogens with one attached hydrogen (secondary N) is 1. The molecule has 182 valence electrons. The van der Waals surface area contributed by atoms with Gasteiger partial charge in [-0.2, -0.15) is 0 Å². The van der Waals surface area contributed by atoms with Gasteiger partial charge in [0.25, 0.3) is 10.0 Å². The van der Waals surface area contributed by atoms with Gasteiger partial charge in [0.15, 0.2) is 5.16 Å². The molecule has 36 heavy (non-hydrogen) atoms. The predicted octanol–water partition coefficient (Wildman–Crippen LogP) is 5.03. The van der Waals surface area contributed by atoms with Gasteiger partial charge < -0.3 is 5.32 Å². The minimum absolute atomic E-state index is 0.0170. The maximum absolute atomic E-state index is 13.6. The molecule has 0 unspecified atom stereocenters. The first kappa shape index (κ1) is 24.0. The Balaban J connectivity index is 1.42. The molecule has 0 fully saturated rings. The van der Waals surface area contributed by atoms with Crippen LogP contribution in [0.15, 0.2) is 89.0 Å². The molecule has 0 saturated carbocycles. The Morgan fingerprint density at radius 1 is 1.06 bits per heavy atom. The Bertz CT molecular complexity index is 1580. The van der Waals surface area contributed by atoms with E-state index in [1.165, 1.54) is 28.7 Å². The Morgan fingerprint density at radius 2 is 1.83 bits per heavy atom. The molecule has 4 aromatic rings. The normalized spacial score (nSPS) is 13.6. The van der Waals surface area contributed by atoms with Crippen LogP contribution in [0, 0.1) is 12.7 Å². The summed E-state index contributed by atoms with van der Waals surface area (Å²) in [4.78, 5) is 21.1. The van der Waals surface area contributed by atoms with Crippen molar-refractivity contribution in [2.24, 2.45) is 0 Å². The third-order valence-electron chi connectivity index (χ3n) is 5.74. The molecule has 1 aliphatic heterocycles. The van der Waals surface area contributed by atoms with Crippen LogP contribution in [0.3, 0.4) is 0 Å². The molecule has 1 amide bonds. The van der Waals surface area contributed by atoms with E-state index >= 15 is 0 Å². The summed E-state index contributed by atoms with van der Waals surface area (Å²) in [5, 5.41) is 2.88. The highest BCUT2D eigenvalue weighted by molar-refractivity contribution is 7.99. The van der Waals surface area contributed by atoms with Crippen molar-refractivity contribution in [1.29, 1.82) is 0 Å². The Hall–Kier alpha value is -3.76. The van der Waals surface area contributed by atoms with Gasteiger partial charge in [0.05, 0.1) is 29.9 Å². The van der Waals surface area contributed by atoms with Crippen LogP contribution < -0.4 is 9.62 Å². The predicted molar refractivity (Wildman–Crippen MR) is 138 cm³/mol. The van der Waals surface area contributed by atoms with E-state index in [0.717, 1.165) is 22.9 Å². The van der Waals surface area contributed by atoms with Gasteiger partial charge in [-0.3, -0.25) is 9.10 Å². The van der Waals surface area contributed by atoms with Crippen molar-refractivity contribution in [3.8, 4) is 11.3 Å². The quantitative estimate of drug-likeness (QED) is 0.283. The molecule has 3 aromatic carbocycles. The lowest BCUT2D eigenvalue weighted by Crippen LogP contribution is -2.34. The second-order valence-electron chi connectivity index (χ2n) is 8.17. The smallest absolute Gasteiger partial charge is 0.268 e. The van der Waals surface area contributed by atoms with Gasteiger partial charge in [-0.25, -0.2) is 22.8 Å². The van der Waals surface area contributed by atoms with Crippen molar-refractivity contribution in [2.75, 3.05) is 15.4 Å². The summed E-state index contributed by atoms with van der Waals surface area (Å²) in [7, 11) is -3.92. The number of carbonyl (C=O) groups is 1. The molecule has 7 nitrogen and oxygen atoms in total. The summed E-state index contributed by atoms with van der Waals surface area (Å²) < 4.78 is 42.0.